The summed E-state index contributed by atoms with van der Waals surface area (Å²) in [5, 5.41) is 9.19. The van der Waals surface area contributed by atoms with Crippen molar-refractivity contribution in [1.82, 2.24) is 15.0 Å². The minimum atomic E-state index is -0.682. The molecular formula is C18H20N4O2. The van der Waals surface area contributed by atoms with Gasteiger partial charge in [0.25, 0.3) is 0 Å². The van der Waals surface area contributed by atoms with Gasteiger partial charge < -0.3 is 10.0 Å². The summed E-state index contributed by atoms with van der Waals surface area (Å²) in [6, 6.07) is 3.87. The van der Waals surface area contributed by atoms with Crippen molar-refractivity contribution in [1.29, 1.82) is 0 Å². The number of rotatable bonds is 3. The summed E-state index contributed by atoms with van der Waals surface area (Å²) in [6.07, 6.45) is 8.00. The molecular weight excluding hydrogens is 304 g/mol. The van der Waals surface area contributed by atoms with Gasteiger partial charge in [-0.05, 0) is 44.2 Å². The third kappa shape index (κ3) is 2.72. The van der Waals surface area contributed by atoms with Gasteiger partial charge in [-0.25, -0.2) is 9.97 Å². The average molecular weight is 324 g/mol. The van der Waals surface area contributed by atoms with E-state index in [1.165, 1.54) is 5.56 Å². The van der Waals surface area contributed by atoms with Crippen molar-refractivity contribution in [3.63, 3.8) is 0 Å². The predicted octanol–water partition coefficient (Wildman–Crippen LogP) is 2.33. The van der Waals surface area contributed by atoms with E-state index < -0.39 is 5.97 Å². The van der Waals surface area contributed by atoms with Gasteiger partial charge in [0.1, 0.15) is 5.82 Å². The van der Waals surface area contributed by atoms with Gasteiger partial charge in [-0.1, -0.05) is 0 Å². The van der Waals surface area contributed by atoms with Crippen LogP contribution in [0.3, 0.4) is 0 Å². The van der Waals surface area contributed by atoms with Gasteiger partial charge in [0.15, 0.2) is 5.82 Å². The average Bonchev–Trinajstić information content (AvgIpc) is 3.10. The number of carbonyl (C=O) groups is 1. The third-order valence-electron chi connectivity index (χ3n) is 4.97. The lowest BCUT2D eigenvalue weighted by Crippen LogP contribution is -2.37. The first-order valence-corrected chi connectivity index (χ1v) is 8.50. The second-order valence-electron chi connectivity index (χ2n) is 6.49. The predicted molar refractivity (Wildman–Crippen MR) is 89.9 cm³/mol. The molecule has 0 amide bonds. The number of carboxylic acids is 1. The number of aryl methyl sites for hydroxylation is 1. The molecule has 1 fully saturated rings. The van der Waals surface area contributed by atoms with Crippen LogP contribution in [0.25, 0.3) is 11.4 Å². The molecule has 0 aromatic carbocycles. The van der Waals surface area contributed by atoms with E-state index in [1.54, 1.807) is 12.4 Å². The Labute approximate surface area is 140 Å². The molecule has 1 aliphatic carbocycles. The fourth-order valence-electron chi connectivity index (χ4n) is 3.64. The molecule has 0 saturated carbocycles. The molecule has 2 aromatic rings. The van der Waals surface area contributed by atoms with Crippen LogP contribution in [0.15, 0.2) is 24.5 Å². The molecule has 2 aliphatic rings. The van der Waals surface area contributed by atoms with Gasteiger partial charge in [0.2, 0.25) is 0 Å². The Morgan fingerprint density at radius 2 is 2.04 bits per heavy atom. The zero-order valence-electron chi connectivity index (χ0n) is 13.5. The molecule has 1 saturated heterocycles. The zero-order chi connectivity index (χ0) is 16.5. The third-order valence-corrected chi connectivity index (χ3v) is 4.97. The van der Waals surface area contributed by atoms with Crippen molar-refractivity contribution in [3.05, 3.63) is 35.8 Å². The molecule has 1 aliphatic heterocycles. The molecule has 124 valence electrons. The first kappa shape index (κ1) is 15.1. The Kier molecular flexibility index (Phi) is 3.88. The van der Waals surface area contributed by atoms with E-state index in [2.05, 4.69) is 9.88 Å². The summed E-state index contributed by atoms with van der Waals surface area (Å²) in [7, 11) is 0. The van der Waals surface area contributed by atoms with Crippen molar-refractivity contribution in [2.75, 3.05) is 18.0 Å². The number of nitrogens with zero attached hydrogens (tertiary/aromatic N) is 4. The van der Waals surface area contributed by atoms with E-state index in [0.717, 1.165) is 55.3 Å². The van der Waals surface area contributed by atoms with Crippen molar-refractivity contribution < 1.29 is 9.90 Å². The monoisotopic (exact) mass is 324 g/mol. The largest absolute Gasteiger partial charge is 0.481 e. The van der Waals surface area contributed by atoms with Crippen molar-refractivity contribution in [2.24, 2.45) is 5.92 Å². The van der Waals surface area contributed by atoms with E-state index in [0.29, 0.717) is 12.8 Å². The van der Waals surface area contributed by atoms with Gasteiger partial charge in [-0.2, -0.15) is 0 Å². The minimum Gasteiger partial charge on any atom is -0.481 e. The molecule has 0 bridgehead atoms. The summed E-state index contributed by atoms with van der Waals surface area (Å²) in [4.78, 5) is 27.2. The number of hydrogen-bond donors (Lipinski definition) is 1. The van der Waals surface area contributed by atoms with Crippen LogP contribution in [0.5, 0.6) is 0 Å². The molecule has 4 rings (SSSR count). The second-order valence-corrected chi connectivity index (χ2v) is 6.49. The highest BCUT2D eigenvalue weighted by molar-refractivity contribution is 5.70. The van der Waals surface area contributed by atoms with E-state index in [1.807, 2.05) is 12.1 Å². The van der Waals surface area contributed by atoms with E-state index in [4.69, 9.17) is 9.97 Å². The van der Waals surface area contributed by atoms with E-state index in [-0.39, 0.29) is 5.92 Å². The van der Waals surface area contributed by atoms with Crippen LogP contribution in [-0.4, -0.2) is 39.1 Å². The number of fused-ring (bicyclic) bond motifs is 1. The SMILES string of the molecule is O=C(O)C1CCN(c2nc(-c3cccnc3)nc3c2CCC3)CC1. The highest BCUT2D eigenvalue weighted by Gasteiger charge is 2.29. The lowest BCUT2D eigenvalue weighted by atomic mass is 9.97. The van der Waals surface area contributed by atoms with Crippen LogP contribution in [0.1, 0.15) is 30.5 Å². The lowest BCUT2D eigenvalue weighted by molar-refractivity contribution is -0.142. The number of aliphatic carboxylic acids is 1. The Bertz CT molecular complexity index is 755. The first-order valence-electron chi connectivity index (χ1n) is 8.50. The maximum absolute atomic E-state index is 11.2. The molecule has 0 unspecified atom stereocenters. The Balaban J connectivity index is 1.68. The quantitative estimate of drug-likeness (QED) is 0.933. The number of anilines is 1. The molecule has 1 N–H and O–H groups in total. The minimum absolute atomic E-state index is 0.228. The number of pyridine rings is 1. The van der Waals surface area contributed by atoms with Crippen LogP contribution in [-0.2, 0) is 17.6 Å². The molecule has 3 heterocycles. The van der Waals surface area contributed by atoms with Crippen LogP contribution in [0.2, 0.25) is 0 Å². The van der Waals surface area contributed by atoms with E-state index >= 15 is 0 Å². The summed E-state index contributed by atoms with van der Waals surface area (Å²) in [5.41, 5.74) is 3.31. The van der Waals surface area contributed by atoms with Crippen LogP contribution < -0.4 is 4.90 Å². The summed E-state index contributed by atoms with van der Waals surface area (Å²) in [6.45, 7) is 1.49. The molecule has 0 radical (unpaired) electrons. The maximum Gasteiger partial charge on any atom is 0.306 e. The van der Waals surface area contributed by atoms with Crippen LogP contribution >= 0.6 is 0 Å². The van der Waals surface area contributed by atoms with Gasteiger partial charge >= 0.3 is 5.97 Å². The number of carboxylic acid groups (broad SMARTS) is 1. The molecule has 0 atom stereocenters. The standard InChI is InChI=1S/C18H20N4O2/c23-18(24)12-6-9-22(10-7-12)17-14-4-1-5-15(14)20-16(21-17)13-3-2-8-19-11-13/h2-3,8,11-12H,1,4-7,9-10H2,(H,23,24). The fraction of sp³-hybridized carbons (Fsp3) is 0.444. The van der Waals surface area contributed by atoms with Gasteiger partial charge in [0.05, 0.1) is 5.92 Å². The normalized spacial score (nSPS) is 17.8. The van der Waals surface area contributed by atoms with Crippen molar-refractivity contribution in [2.45, 2.75) is 32.1 Å². The lowest BCUT2D eigenvalue weighted by Gasteiger charge is -2.32. The van der Waals surface area contributed by atoms with Crippen molar-refractivity contribution >= 4 is 11.8 Å². The Morgan fingerprint density at radius 1 is 1.21 bits per heavy atom. The number of aromatic nitrogens is 3. The number of hydrogen-bond acceptors (Lipinski definition) is 5. The van der Waals surface area contributed by atoms with Crippen LogP contribution in [0.4, 0.5) is 5.82 Å². The molecule has 2 aromatic heterocycles. The zero-order valence-corrected chi connectivity index (χ0v) is 13.5. The molecule has 0 spiro atoms. The van der Waals surface area contributed by atoms with Gasteiger partial charge in [-0.3, -0.25) is 9.78 Å². The van der Waals surface area contributed by atoms with E-state index in [9.17, 15) is 9.90 Å². The van der Waals surface area contributed by atoms with Crippen molar-refractivity contribution in [3.8, 4) is 11.4 Å². The summed E-state index contributed by atoms with van der Waals surface area (Å²) >= 11 is 0. The first-order chi connectivity index (χ1) is 11.7. The highest BCUT2D eigenvalue weighted by Crippen LogP contribution is 2.33. The number of piperidine rings is 1. The second kappa shape index (κ2) is 6.19. The van der Waals surface area contributed by atoms with Crippen LogP contribution in [0, 0.1) is 5.92 Å². The highest BCUT2D eigenvalue weighted by atomic mass is 16.4. The molecule has 6 heteroatoms. The van der Waals surface area contributed by atoms with Gasteiger partial charge in [0, 0.05) is 42.3 Å². The molecule has 24 heavy (non-hydrogen) atoms. The maximum atomic E-state index is 11.2. The fourth-order valence-corrected chi connectivity index (χ4v) is 3.64. The Morgan fingerprint density at radius 3 is 2.75 bits per heavy atom. The Hall–Kier alpha value is -2.50. The smallest absolute Gasteiger partial charge is 0.306 e. The summed E-state index contributed by atoms with van der Waals surface area (Å²) in [5.74, 6) is 0.812. The summed E-state index contributed by atoms with van der Waals surface area (Å²) < 4.78 is 0. The molecule has 6 nitrogen and oxygen atoms in total. The van der Waals surface area contributed by atoms with Gasteiger partial charge in [-0.15, -0.1) is 0 Å². The topological polar surface area (TPSA) is 79.2 Å².